The van der Waals surface area contributed by atoms with Crippen LogP contribution in [0.2, 0.25) is 0 Å². The van der Waals surface area contributed by atoms with Crippen molar-refractivity contribution in [3.8, 4) is 11.3 Å². The molecule has 2 heterocycles. The lowest BCUT2D eigenvalue weighted by Gasteiger charge is -1.94. The van der Waals surface area contributed by atoms with Crippen molar-refractivity contribution in [1.82, 2.24) is 9.97 Å². The highest BCUT2D eigenvalue weighted by atomic mass is 32.2. The Hall–Kier alpha value is -1.69. The molecule has 0 atom stereocenters. The molecular weight excluding hydrogens is 316 g/mol. The first-order valence-corrected chi connectivity index (χ1v) is 8.94. The second-order valence-electron chi connectivity index (χ2n) is 4.41. The van der Waals surface area contributed by atoms with Crippen molar-refractivity contribution in [3.63, 3.8) is 0 Å². The zero-order valence-electron chi connectivity index (χ0n) is 10.9. The van der Waals surface area contributed by atoms with Gasteiger partial charge in [-0.05, 0) is 23.9 Å². The molecular formula is C16H10N2S3. The van der Waals surface area contributed by atoms with E-state index in [0.29, 0.717) is 0 Å². The Morgan fingerprint density at radius 2 is 1.62 bits per heavy atom. The summed E-state index contributed by atoms with van der Waals surface area (Å²) in [6.45, 7) is 0. The number of fused-ring (bicyclic) bond motifs is 1. The minimum Gasteiger partial charge on any atom is -0.229 e. The lowest BCUT2D eigenvalue weighted by molar-refractivity contribution is 1.23. The van der Waals surface area contributed by atoms with Crippen LogP contribution >= 0.6 is 34.4 Å². The number of hydrogen-bond donors (Lipinski definition) is 0. The Morgan fingerprint density at radius 3 is 2.48 bits per heavy atom. The highest BCUT2D eigenvalue weighted by molar-refractivity contribution is 8.02. The normalized spacial score (nSPS) is 11.0. The van der Waals surface area contributed by atoms with E-state index in [4.69, 9.17) is 4.98 Å². The van der Waals surface area contributed by atoms with Gasteiger partial charge in [0.2, 0.25) is 0 Å². The number of benzene rings is 2. The molecule has 0 spiro atoms. The maximum Gasteiger partial charge on any atom is 0.158 e. The minimum atomic E-state index is 1.03. The second-order valence-corrected chi connectivity index (χ2v) is 7.80. The Balaban J connectivity index is 1.61. The molecule has 2 aromatic heterocycles. The molecule has 0 unspecified atom stereocenters. The minimum absolute atomic E-state index is 1.03. The van der Waals surface area contributed by atoms with Crippen LogP contribution in [-0.2, 0) is 0 Å². The van der Waals surface area contributed by atoms with Crippen molar-refractivity contribution in [2.24, 2.45) is 0 Å². The number of nitrogens with zero attached hydrogens (tertiary/aromatic N) is 2. The maximum absolute atomic E-state index is 4.69. The van der Waals surface area contributed by atoms with E-state index in [1.807, 2.05) is 36.4 Å². The van der Waals surface area contributed by atoms with E-state index in [-0.39, 0.29) is 0 Å². The molecule has 0 aliphatic rings. The molecule has 5 heteroatoms. The lowest BCUT2D eigenvalue weighted by Crippen LogP contribution is -1.76. The molecule has 21 heavy (non-hydrogen) atoms. The molecule has 0 amide bonds. The van der Waals surface area contributed by atoms with Gasteiger partial charge in [0, 0.05) is 10.9 Å². The summed E-state index contributed by atoms with van der Waals surface area (Å²) in [6, 6.07) is 18.5. The molecule has 0 aliphatic carbocycles. The third kappa shape index (κ3) is 2.72. The molecule has 2 aromatic carbocycles. The predicted octanol–water partition coefficient (Wildman–Crippen LogP) is 5.57. The van der Waals surface area contributed by atoms with Crippen molar-refractivity contribution in [2.45, 2.75) is 8.68 Å². The fourth-order valence-electron chi connectivity index (χ4n) is 2.02. The topological polar surface area (TPSA) is 25.8 Å². The van der Waals surface area contributed by atoms with Gasteiger partial charge in [-0.2, -0.15) is 0 Å². The van der Waals surface area contributed by atoms with Gasteiger partial charge in [0.15, 0.2) is 8.68 Å². The van der Waals surface area contributed by atoms with Crippen LogP contribution in [0.15, 0.2) is 68.7 Å². The van der Waals surface area contributed by atoms with Crippen LogP contribution in [0.3, 0.4) is 0 Å². The lowest BCUT2D eigenvalue weighted by atomic mass is 10.2. The molecule has 0 saturated carbocycles. The predicted molar refractivity (Wildman–Crippen MR) is 91.3 cm³/mol. The molecule has 0 aliphatic heterocycles. The van der Waals surface area contributed by atoms with E-state index in [9.17, 15) is 0 Å². The first-order chi connectivity index (χ1) is 10.4. The van der Waals surface area contributed by atoms with Gasteiger partial charge in [0.25, 0.3) is 0 Å². The Kier molecular flexibility index (Phi) is 3.47. The third-order valence-corrected chi connectivity index (χ3v) is 6.04. The summed E-state index contributed by atoms with van der Waals surface area (Å²) >= 11 is 5.03. The van der Waals surface area contributed by atoms with E-state index >= 15 is 0 Å². The van der Waals surface area contributed by atoms with Crippen LogP contribution in [0.1, 0.15) is 0 Å². The zero-order chi connectivity index (χ0) is 14.1. The molecule has 0 radical (unpaired) electrons. The van der Waals surface area contributed by atoms with E-state index in [1.54, 1.807) is 34.4 Å². The molecule has 0 saturated heterocycles. The average molecular weight is 326 g/mol. The molecule has 102 valence electrons. The first-order valence-electron chi connectivity index (χ1n) is 6.43. The average Bonchev–Trinajstić information content (AvgIpc) is 3.14. The van der Waals surface area contributed by atoms with Crippen molar-refractivity contribution in [2.75, 3.05) is 0 Å². The number of thiazole rings is 2. The van der Waals surface area contributed by atoms with Gasteiger partial charge in [-0.3, -0.25) is 0 Å². The van der Waals surface area contributed by atoms with Gasteiger partial charge in [-0.15, -0.1) is 22.7 Å². The summed E-state index contributed by atoms with van der Waals surface area (Å²) in [5, 5.41) is 2.10. The summed E-state index contributed by atoms with van der Waals surface area (Å²) in [5.74, 6) is 0. The van der Waals surface area contributed by atoms with E-state index < -0.39 is 0 Å². The van der Waals surface area contributed by atoms with Crippen LogP contribution in [0.4, 0.5) is 0 Å². The van der Waals surface area contributed by atoms with E-state index in [2.05, 4.69) is 28.6 Å². The smallest absolute Gasteiger partial charge is 0.158 e. The number of aromatic nitrogens is 2. The summed E-state index contributed by atoms with van der Waals surface area (Å²) in [5.41, 5.74) is 3.25. The number of para-hydroxylation sites is 1. The van der Waals surface area contributed by atoms with Gasteiger partial charge >= 0.3 is 0 Å². The summed E-state index contributed by atoms with van der Waals surface area (Å²) in [4.78, 5) is 9.33. The maximum atomic E-state index is 4.69. The fourth-order valence-corrected chi connectivity index (χ4v) is 5.11. The SMILES string of the molecule is c1ccc(-c2csc(Sc3nc4ccccc4s3)n2)cc1. The van der Waals surface area contributed by atoms with E-state index in [0.717, 1.165) is 25.5 Å². The number of rotatable bonds is 3. The van der Waals surface area contributed by atoms with Crippen molar-refractivity contribution >= 4 is 44.7 Å². The van der Waals surface area contributed by atoms with Gasteiger partial charge in [-0.1, -0.05) is 42.5 Å². The quantitative estimate of drug-likeness (QED) is 0.492. The standard InChI is InChI=1S/C16H10N2S3/c1-2-6-11(7-3-1)13-10-19-15(18-13)21-16-17-12-8-4-5-9-14(12)20-16/h1-10H. The molecule has 4 aromatic rings. The van der Waals surface area contributed by atoms with Crippen LogP contribution in [-0.4, -0.2) is 9.97 Å². The van der Waals surface area contributed by atoms with Crippen LogP contribution in [0.5, 0.6) is 0 Å². The van der Waals surface area contributed by atoms with Crippen molar-refractivity contribution in [1.29, 1.82) is 0 Å². The largest absolute Gasteiger partial charge is 0.229 e. The van der Waals surface area contributed by atoms with Gasteiger partial charge in [0.05, 0.1) is 15.9 Å². The highest BCUT2D eigenvalue weighted by Crippen LogP contribution is 2.37. The highest BCUT2D eigenvalue weighted by Gasteiger charge is 2.09. The molecule has 2 nitrogen and oxygen atoms in total. The zero-order valence-corrected chi connectivity index (χ0v) is 13.3. The monoisotopic (exact) mass is 326 g/mol. The second kappa shape index (κ2) is 5.60. The summed E-state index contributed by atoms with van der Waals surface area (Å²) in [6.07, 6.45) is 0. The van der Waals surface area contributed by atoms with Crippen molar-refractivity contribution < 1.29 is 0 Å². The molecule has 0 fully saturated rings. The first kappa shape index (κ1) is 13.0. The molecule has 0 bridgehead atoms. The van der Waals surface area contributed by atoms with Crippen LogP contribution in [0, 0.1) is 0 Å². The Bertz CT molecular complexity index is 848. The summed E-state index contributed by atoms with van der Waals surface area (Å²) in [7, 11) is 0. The van der Waals surface area contributed by atoms with Crippen molar-refractivity contribution in [3.05, 3.63) is 60.0 Å². The van der Waals surface area contributed by atoms with Crippen LogP contribution in [0.25, 0.3) is 21.5 Å². The molecule has 4 rings (SSSR count). The van der Waals surface area contributed by atoms with Gasteiger partial charge in [-0.25, -0.2) is 9.97 Å². The molecule has 0 N–H and O–H groups in total. The summed E-state index contributed by atoms with van der Waals surface area (Å²) < 4.78 is 3.30. The van der Waals surface area contributed by atoms with Crippen LogP contribution < -0.4 is 0 Å². The van der Waals surface area contributed by atoms with E-state index in [1.165, 1.54) is 4.70 Å². The fraction of sp³-hybridized carbons (Fsp3) is 0. The third-order valence-electron chi connectivity index (χ3n) is 3.00. The Labute approximate surface area is 134 Å². The van der Waals surface area contributed by atoms with Gasteiger partial charge in [0.1, 0.15) is 0 Å². The Morgan fingerprint density at radius 1 is 0.810 bits per heavy atom. The number of hydrogen-bond acceptors (Lipinski definition) is 5. The van der Waals surface area contributed by atoms with Gasteiger partial charge < -0.3 is 0 Å².